The summed E-state index contributed by atoms with van der Waals surface area (Å²) in [6.45, 7) is 0.245. The third kappa shape index (κ3) is 3.08. The Kier molecular flexibility index (Phi) is 3.40. The number of Topliss-reactive ketones (excluding diaryl/α,β-unsaturated/α-hetero) is 1. The fourth-order valence-electron chi connectivity index (χ4n) is 1.49. The average molecular weight is 227 g/mol. The topological polar surface area (TPSA) is 49.3 Å². The van der Waals surface area contributed by atoms with Crippen molar-refractivity contribution in [1.82, 2.24) is 0 Å². The molecule has 0 atom stereocenters. The number of phenolic OH excluding ortho intramolecular Hbond substituents is 1. The summed E-state index contributed by atoms with van der Waals surface area (Å²) in [5.74, 6) is 0.159. The number of nitrogens with one attached hydrogen (secondary N) is 1. The quantitative estimate of drug-likeness (QED) is 0.789. The molecule has 0 saturated heterocycles. The van der Waals surface area contributed by atoms with Gasteiger partial charge in [0.25, 0.3) is 0 Å². The normalized spacial score (nSPS) is 9.88. The summed E-state index contributed by atoms with van der Waals surface area (Å²) in [5, 5.41) is 12.2. The number of anilines is 1. The molecule has 0 bridgehead atoms. The number of ketones is 1. The molecule has 0 fully saturated rings. The van der Waals surface area contributed by atoms with Gasteiger partial charge in [-0.25, -0.2) is 0 Å². The minimum Gasteiger partial charge on any atom is -0.508 e. The van der Waals surface area contributed by atoms with E-state index in [1.807, 2.05) is 30.3 Å². The summed E-state index contributed by atoms with van der Waals surface area (Å²) in [6.07, 6.45) is 0. The number of hydrogen-bond acceptors (Lipinski definition) is 3. The molecule has 2 rings (SSSR count). The van der Waals surface area contributed by atoms with Gasteiger partial charge in [0.2, 0.25) is 0 Å². The first-order valence-corrected chi connectivity index (χ1v) is 5.37. The van der Waals surface area contributed by atoms with Gasteiger partial charge in [0.15, 0.2) is 5.78 Å². The second-order valence-electron chi connectivity index (χ2n) is 3.69. The first kappa shape index (κ1) is 11.2. The van der Waals surface area contributed by atoms with E-state index in [1.54, 1.807) is 12.1 Å². The van der Waals surface area contributed by atoms with Gasteiger partial charge in [-0.3, -0.25) is 4.79 Å². The second-order valence-corrected chi connectivity index (χ2v) is 3.69. The van der Waals surface area contributed by atoms with E-state index in [9.17, 15) is 4.79 Å². The zero-order valence-corrected chi connectivity index (χ0v) is 9.26. The monoisotopic (exact) mass is 227 g/mol. The zero-order chi connectivity index (χ0) is 12.1. The van der Waals surface area contributed by atoms with Gasteiger partial charge in [-0.05, 0) is 36.4 Å². The van der Waals surface area contributed by atoms with Crippen LogP contribution in [-0.4, -0.2) is 17.4 Å². The van der Waals surface area contributed by atoms with Crippen LogP contribution in [0.1, 0.15) is 10.4 Å². The molecule has 3 heteroatoms. The molecule has 0 aliphatic carbocycles. The standard InChI is InChI=1S/C14H13NO2/c16-13-8-6-11(7-9-13)14(17)10-15-12-4-2-1-3-5-12/h1-9,15-16H,10H2. The Bertz CT molecular complexity index is 491. The largest absolute Gasteiger partial charge is 0.508 e. The van der Waals surface area contributed by atoms with Crippen LogP contribution in [-0.2, 0) is 0 Å². The molecule has 0 aliphatic heterocycles. The van der Waals surface area contributed by atoms with E-state index in [1.165, 1.54) is 12.1 Å². The molecule has 86 valence electrons. The highest BCUT2D eigenvalue weighted by atomic mass is 16.3. The smallest absolute Gasteiger partial charge is 0.181 e. The van der Waals surface area contributed by atoms with Gasteiger partial charge >= 0.3 is 0 Å². The van der Waals surface area contributed by atoms with E-state index in [0.29, 0.717) is 5.56 Å². The third-order valence-corrected chi connectivity index (χ3v) is 2.42. The Labute approximate surface area is 99.7 Å². The zero-order valence-electron chi connectivity index (χ0n) is 9.26. The van der Waals surface area contributed by atoms with E-state index in [4.69, 9.17) is 5.11 Å². The SMILES string of the molecule is O=C(CNc1ccccc1)c1ccc(O)cc1. The molecule has 2 N–H and O–H groups in total. The number of benzene rings is 2. The Hall–Kier alpha value is -2.29. The van der Waals surface area contributed by atoms with Crippen molar-refractivity contribution in [3.63, 3.8) is 0 Å². The molecule has 0 aliphatic rings. The fourth-order valence-corrected chi connectivity index (χ4v) is 1.49. The Morgan fingerprint density at radius 1 is 1.00 bits per heavy atom. The van der Waals surface area contributed by atoms with Crippen LogP contribution in [0.3, 0.4) is 0 Å². The minimum atomic E-state index is -0.00569. The highest BCUT2D eigenvalue weighted by Gasteiger charge is 2.04. The maximum Gasteiger partial charge on any atom is 0.181 e. The number of carbonyl (C=O) groups excluding carboxylic acids is 1. The summed E-state index contributed by atoms with van der Waals surface area (Å²) in [4.78, 5) is 11.8. The van der Waals surface area contributed by atoms with Crippen molar-refractivity contribution in [3.8, 4) is 5.75 Å². The predicted molar refractivity (Wildman–Crippen MR) is 67.4 cm³/mol. The molecule has 0 unspecified atom stereocenters. The van der Waals surface area contributed by atoms with E-state index in [0.717, 1.165) is 5.69 Å². The number of rotatable bonds is 4. The summed E-state index contributed by atoms with van der Waals surface area (Å²) in [7, 11) is 0. The van der Waals surface area contributed by atoms with Gasteiger partial charge in [-0.2, -0.15) is 0 Å². The first-order valence-electron chi connectivity index (χ1n) is 5.37. The predicted octanol–water partition coefficient (Wildman–Crippen LogP) is 2.69. The van der Waals surface area contributed by atoms with Crippen molar-refractivity contribution in [3.05, 3.63) is 60.2 Å². The number of phenols is 1. The Morgan fingerprint density at radius 3 is 2.29 bits per heavy atom. The average Bonchev–Trinajstić information content (AvgIpc) is 2.38. The molecule has 0 amide bonds. The van der Waals surface area contributed by atoms with Crippen LogP contribution in [0.2, 0.25) is 0 Å². The van der Waals surface area contributed by atoms with Gasteiger partial charge in [0.05, 0.1) is 6.54 Å². The molecular weight excluding hydrogens is 214 g/mol. The van der Waals surface area contributed by atoms with Crippen LogP contribution in [0.4, 0.5) is 5.69 Å². The van der Waals surface area contributed by atoms with Crippen molar-refractivity contribution in [2.24, 2.45) is 0 Å². The summed E-state index contributed by atoms with van der Waals surface area (Å²) in [5.41, 5.74) is 1.51. The van der Waals surface area contributed by atoms with Gasteiger partial charge in [-0.1, -0.05) is 18.2 Å². The van der Waals surface area contributed by atoms with E-state index >= 15 is 0 Å². The van der Waals surface area contributed by atoms with E-state index < -0.39 is 0 Å². The fraction of sp³-hybridized carbons (Fsp3) is 0.0714. The van der Waals surface area contributed by atoms with Crippen LogP contribution in [0.15, 0.2) is 54.6 Å². The molecule has 17 heavy (non-hydrogen) atoms. The molecular formula is C14H13NO2. The second kappa shape index (κ2) is 5.16. The lowest BCUT2D eigenvalue weighted by atomic mass is 10.1. The Morgan fingerprint density at radius 2 is 1.65 bits per heavy atom. The number of carbonyl (C=O) groups is 1. The Balaban J connectivity index is 1.96. The summed E-state index contributed by atoms with van der Waals surface area (Å²) in [6, 6.07) is 15.8. The maximum atomic E-state index is 11.8. The number of aromatic hydroxyl groups is 1. The van der Waals surface area contributed by atoms with Crippen LogP contribution in [0, 0.1) is 0 Å². The third-order valence-electron chi connectivity index (χ3n) is 2.42. The molecule has 0 spiro atoms. The van der Waals surface area contributed by atoms with Crippen molar-refractivity contribution in [2.75, 3.05) is 11.9 Å². The van der Waals surface area contributed by atoms with Crippen molar-refractivity contribution in [2.45, 2.75) is 0 Å². The van der Waals surface area contributed by atoms with Crippen molar-refractivity contribution in [1.29, 1.82) is 0 Å². The lowest BCUT2D eigenvalue weighted by molar-refractivity contribution is 0.101. The molecule has 0 radical (unpaired) electrons. The lowest BCUT2D eigenvalue weighted by Crippen LogP contribution is -2.13. The van der Waals surface area contributed by atoms with Gasteiger partial charge < -0.3 is 10.4 Å². The first-order chi connectivity index (χ1) is 8.25. The van der Waals surface area contributed by atoms with Crippen LogP contribution in [0.5, 0.6) is 5.75 Å². The van der Waals surface area contributed by atoms with Gasteiger partial charge in [0.1, 0.15) is 5.75 Å². The molecule has 0 heterocycles. The molecule has 0 saturated carbocycles. The molecule has 0 aromatic heterocycles. The van der Waals surface area contributed by atoms with Gasteiger partial charge in [-0.15, -0.1) is 0 Å². The molecule has 3 nitrogen and oxygen atoms in total. The van der Waals surface area contributed by atoms with E-state index in [-0.39, 0.29) is 18.1 Å². The number of hydrogen-bond donors (Lipinski definition) is 2. The maximum absolute atomic E-state index is 11.8. The summed E-state index contributed by atoms with van der Waals surface area (Å²) >= 11 is 0. The molecule has 2 aromatic carbocycles. The van der Waals surface area contributed by atoms with Crippen LogP contribution < -0.4 is 5.32 Å². The van der Waals surface area contributed by atoms with Crippen LogP contribution >= 0.6 is 0 Å². The summed E-state index contributed by atoms with van der Waals surface area (Å²) < 4.78 is 0. The highest BCUT2D eigenvalue weighted by molar-refractivity contribution is 5.99. The van der Waals surface area contributed by atoms with E-state index in [2.05, 4.69) is 5.32 Å². The number of para-hydroxylation sites is 1. The minimum absolute atomic E-state index is 0.00569. The van der Waals surface area contributed by atoms with Crippen molar-refractivity contribution < 1.29 is 9.90 Å². The highest BCUT2D eigenvalue weighted by Crippen LogP contribution is 2.11. The van der Waals surface area contributed by atoms with Crippen LogP contribution in [0.25, 0.3) is 0 Å². The van der Waals surface area contributed by atoms with Crippen molar-refractivity contribution >= 4 is 11.5 Å². The lowest BCUT2D eigenvalue weighted by Gasteiger charge is -2.05. The molecule has 2 aromatic rings. The van der Waals surface area contributed by atoms with Gasteiger partial charge in [0, 0.05) is 11.3 Å².